The molecule has 8 nitrogen and oxygen atoms in total. The van der Waals surface area contributed by atoms with Gasteiger partial charge in [-0.1, -0.05) is 0 Å². The number of hydrogen-bond donors (Lipinski definition) is 1. The highest BCUT2D eigenvalue weighted by atomic mass is 32.2. The number of anilines is 1. The van der Waals surface area contributed by atoms with Crippen LogP contribution in [0, 0.1) is 11.3 Å². The van der Waals surface area contributed by atoms with E-state index in [9.17, 15) is 18.8 Å². The quantitative estimate of drug-likeness (QED) is 0.513. The summed E-state index contributed by atoms with van der Waals surface area (Å²) in [5, 5.41) is 19.8. The number of benzene rings is 1. The third-order valence-electron chi connectivity index (χ3n) is 5.67. The number of ether oxygens (including phenoxy) is 1. The van der Waals surface area contributed by atoms with Gasteiger partial charge in [-0.2, -0.15) is 5.26 Å². The van der Waals surface area contributed by atoms with Crippen LogP contribution < -0.4 is 9.04 Å². The van der Waals surface area contributed by atoms with Crippen LogP contribution in [0.25, 0.3) is 22.2 Å². The molecule has 0 atom stereocenters. The molecule has 1 fully saturated rings. The van der Waals surface area contributed by atoms with E-state index >= 15 is 0 Å². The van der Waals surface area contributed by atoms with Crippen LogP contribution in [0.4, 0.5) is 5.82 Å². The summed E-state index contributed by atoms with van der Waals surface area (Å²) in [7, 11) is -3.54. The van der Waals surface area contributed by atoms with Crippen molar-refractivity contribution in [2.75, 3.05) is 17.5 Å². The van der Waals surface area contributed by atoms with E-state index in [-0.39, 0.29) is 25.1 Å². The molecule has 174 valence electrons. The van der Waals surface area contributed by atoms with Gasteiger partial charge in [0.2, 0.25) is 10.0 Å². The summed E-state index contributed by atoms with van der Waals surface area (Å²) in [5.41, 5.74) is 2.88. The topological polar surface area (TPSA) is 108 Å². The van der Waals surface area contributed by atoms with Crippen molar-refractivity contribution < 1.29 is 18.3 Å². The first kappa shape index (κ1) is 23.1. The molecular formula is C24H28N4O4S. The van der Waals surface area contributed by atoms with Crippen LogP contribution >= 0.6 is 0 Å². The molecule has 1 aliphatic carbocycles. The molecule has 0 saturated heterocycles. The monoisotopic (exact) mass is 468 g/mol. The van der Waals surface area contributed by atoms with Crippen molar-refractivity contribution in [2.24, 2.45) is 0 Å². The van der Waals surface area contributed by atoms with E-state index in [1.807, 2.05) is 43.5 Å². The summed E-state index contributed by atoms with van der Waals surface area (Å²) in [6.07, 6.45) is 2.89. The molecule has 2 heterocycles. The summed E-state index contributed by atoms with van der Waals surface area (Å²) in [6.45, 7) is 6.24. The zero-order chi connectivity index (χ0) is 23.8. The number of aliphatic hydroxyl groups is 1. The van der Waals surface area contributed by atoms with Gasteiger partial charge >= 0.3 is 0 Å². The van der Waals surface area contributed by atoms with Gasteiger partial charge in [0.15, 0.2) is 0 Å². The summed E-state index contributed by atoms with van der Waals surface area (Å²) in [6, 6.07) is 11.4. The second-order valence-corrected chi connectivity index (χ2v) is 10.5. The summed E-state index contributed by atoms with van der Waals surface area (Å²) < 4.78 is 34.6. The number of aryl methyl sites for hydroxylation is 1. The van der Waals surface area contributed by atoms with E-state index in [4.69, 9.17) is 4.74 Å². The van der Waals surface area contributed by atoms with Gasteiger partial charge in [0, 0.05) is 29.8 Å². The summed E-state index contributed by atoms with van der Waals surface area (Å²) in [4.78, 5) is 4.42. The number of pyridine rings is 1. The lowest BCUT2D eigenvalue weighted by molar-refractivity contribution is 0.242. The lowest BCUT2D eigenvalue weighted by Crippen LogP contribution is -2.36. The molecule has 33 heavy (non-hydrogen) atoms. The van der Waals surface area contributed by atoms with E-state index in [0.29, 0.717) is 30.5 Å². The van der Waals surface area contributed by atoms with Crippen LogP contribution in [0.3, 0.4) is 0 Å². The minimum atomic E-state index is -3.54. The van der Waals surface area contributed by atoms with E-state index in [2.05, 4.69) is 11.1 Å². The van der Waals surface area contributed by atoms with E-state index in [1.165, 1.54) is 4.31 Å². The predicted molar refractivity (Wildman–Crippen MR) is 128 cm³/mol. The number of sulfonamides is 1. The number of aromatic nitrogens is 2. The minimum absolute atomic E-state index is 0.0351. The summed E-state index contributed by atoms with van der Waals surface area (Å²) >= 11 is 0. The molecular weight excluding hydrogens is 440 g/mol. The molecule has 1 saturated carbocycles. The molecule has 4 rings (SSSR count). The third-order valence-corrected chi connectivity index (χ3v) is 7.97. The van der Waals surface area contributed by atoms with Crippen molar-refractivity contribution in [1.82, 2.24) is 9.55 Å². The molecule has 2 aromatic heterocycles. The van der Waals surface area contributed by atoms with Gasteiger partial charge in [-0.15, -0.1) is 0 Å². The van der Waals surface area contributed by atoms with Gasteiger partial charge in [0.25, 0.3) is 0 Å². The van der Waals surface area contributed by atoms with Gasteiger partial charge in [-0.05, 0) is 57.9 Å². The zero-order valence-corrected chi connectivity index (χ0v) is 19.8. The number of nitrogens with zero attached hydrogens (tertiary/aromatic N) is 4. The minimum Gasteiger partial charge on any atom is -0.491 e. The molecule has 1 aliphatic rings. The normalized spacial score (nSPS) is 13.9. The van der Waals surface area contributed by atoms with Crippen molar-refractivity contribution >= 4 is 26.7 Å². The first-order valence-corrected chi connectivity index (χ1v) is 12.6. The van der Waals surface area contributed by atoms with Gasteiger partial charge in [-0.3, -0.25) is 4.31 Å². The molecule has 0 radical (unpaired) electrons. The number of rotatable bonds is 9. The standard InChI is InChI=1S/C24H28N4O4S/c1-4-27-22-13-18(32-16(2)3)6-9-20(22)21(14-25)24(27)17-5-10-23(26-15-17)28(11-12-29)33(30,31)19-7-8-19/h5-6,9-10,13,15-16,19,29H,4,7-8,11-12H2,1-3H3. The van der Waals surface area contributed by atoms with Crippen LogP contribution in [-0.2, 0) is 16.6 Å². The number of aliphatic hydroxyl groups excluding tert-OH is 1. The molecule has 0 aliphatic heterocycles. The van der Waals surface area contributed by atoms with Crippen LogP contribution in [0.1, 0.15) is 39.2 Å². The fourth-order valence-electron chi connectivity index (χ4n) is 4.10. The highest BCUT2D eigenvalue weighted by Crippen LogP contribution is 2.37. The highest BCUT2D eigenvalue weighted by molar-refractivity contribution is 7.93. The lowest BCUT2D eigenvalue weighted by Gasteiger charge is -2.22. The number of hydrogen-bond acceptors (Lipinski definition) is 6. The Morgan fingerprint density at radius 1 is 1.30 bits per heavy atom. The maximum Gasteiger partial charge on any atom is 0.239 e. The fraction of sp³-hybridized carbons (Fsp3) is 0.417. The van der Waals surface area contributed by atoms with Crippen molar-refractivity contribution in [3.8, 4) is 23.1 Å². The maximum absolute atomic E-state index is 12.8. The van der Waals surface area contributed by atoms with Gasteiger partial charge in [0.1, 0.15) is 17.6 Å². The average Bonchev–Trinajstić information content (AvgIpc) is 3.60. The zero-order valence-electron chi connectivity index (χ0n) is 19.0. The van der Waals surface area contributed by atoms with Crippen LogP contribution in [0.5, 0.6) is 5.75 Å². The number of fused-ring (bicyclic) bond motifs is 1. The average molecular weight is 469 g/mol. The molecule has 1 aromatic carbocycles. The second-order valence-electron chi connectivity index (χ2n) is 8.37. The Morgan fingerprint density at radius 2 is 2.06 bits per heavy atom. The molecule has 1 N–H and O–H groups in total. The first-order valence-electron chi connectivity index (χ1n) is 11.1. The molecule has 0 bridgehead atoms. The Kier molecular flexibility index (Phi) is 6.32. The Bertz CT molecular complexity index is 1300. The van der Waals surface area contributed by atoms with Gasteiger partial charge < -0.3 is 14.4 Å². The predicted octanol–water partition coefficient (Wildman–Crippen LogP) is 3.67. The largest absolute Gasteiger partial charge is 0.491 e. The molecule has 9 heteroatoms. The van der Waals surface area contributed by atoms with Crippen molar-refractivity contribution in [3.63, 3.8) is 0 Å². The van der Waals surface area contributed by atoms with E-state index in [1.54, 1.807) is 18.3 Å². The highest BCUT2D eigenvalue weighted by Gasteiger charge is 2.40. The van der Waals surface area contributed by atoms with E-state index < -0.39 is 15.3 Å². The lowest BCUT2D eigenvalue weighted by atomic mass is 10.1. The third kappa shape index (κ3) is 4.28. The van der Waals surface area contributed by atoms with E-state index in [0.717, 1.165) is 22.3 Å². The first-order chi connectivity index (χ1) is 15.8. The SMILES string of the molecule is CCn1c(-c2ccc(N(CCO)S(=O)(=O)C3CC3)nc2)c(C#N)c2ccc(OC(C)C)cc21. The van der Waals surface area contributed by atoms with Crippen molar-refractivity contribution in [2.45, 2.75) is 51.5 Å². The van der Waals surface area contributed by atoms with Gasteiger partial charge in [0.05, 0.1) is 41.3 Å². The maximum atomic E-state index is 12.8. The van der Waals surface area contributed by atoms with Crippen LogP contribution in [0.2, 0.25) is 0 Å². The fourth-order valence-corrected chi connectivity index (χ4v) is 5.90. The number of nitriles is 1. The second kappa shape index (κ2) is 9.04. The van der Waals surface area contributed by atoms with Crippen LogP contribution in [0.15, 0.2) is 36.5 Å². The Hall–Kier alpha value is -3.09. The van der Waals surface area contributed by atoms with Crippen molar-refractivity contribution in [1.29, 1.82) is 5.26 Å². The molecule has 0 amide bonds. The molecule has 3 aromatic rings. The molecule has 0 spiro atoms. The molecule has 0 unspecified atom stereocenters. The van der Waals surface area contributed by atoms with Gasteiger partial charge in [-0.25, -0.2) is 13.4 Å². The summed E-state index contributed by atoms with van der Waals surface area (Å²) in [5.74, 6) is 1.00. The van der Waals surface area contributed by atoms with Crippen molar-refractivity contribution in [3.05, 3.63) is 42.1 Å². The smallest absolute Gasteiger partial charge is 0.239 e. The van der Waals surface area contributed by atoms with Crippen LogP contribution in [-0.4, -0.2) is 47.6 Å². The Morgan fingerprint density at radius 3 is 2.61 bits per heavy atom. The Balaban J connectivity index is 1.79. The Labute approximate surface area is 194 Å².